The second-order valence-electron chi connectivity index (χ2n) is 2.32. The summed E-state index contributed by atoms with van der Waals surface area (Å²) in [5.41, 5.74) is 0.812. The van der Waals surface area contributed by atoms with Gasteiger partial charge >= 0.3 is 0 Å². The van der Waals surface area contributed by atoms with Crippen molar-refractivity contribution < 1.29 is 5.11 Å². The first-order valence-corrected chi connectivity index (χ1v) is 4.39. The highest BCUT2D eigenvalue weighted by Gasteiger charge is 2.05. The number of rotatable bonds is 1. The van der Waals surface area contributed by atoms with E-state index in [2.05, 4.69) is 27.8 Å². The van der Waals surface area contributed by atoms with E-state index in [-0.39, 0.29) is 0 Å². The van der Waals surface area contributed by atoms with E-state index in [1.807, 2.05) is 24.3 Å². The third-order valence-corrected chi connectivity index (χ3v) is 2.20. The summed E-state index contributed by atoms with van der Waals surface area (Å²) < 4.78 is 0.889. The molecule has 1 N–H and O–H groups in total. The van der Waals surface area contributed by atoms with Gasteiger partial charge in [0.25, 0.3) is 0 Å². The van der Waals surface area contributed by atoms with Gasteiger partial charge in [0.05, 0.1) is 0 Å². The lowest BCUT2D eigenvalue weighted by Gasteiger charge is -2.05. The molecule has 2 heteroatoms. The van der Waals surface area contributed by atoms with Gasteiger partial charge in [0.1, 0.15) is 6.10 Å². The minimum atomic E-state index is -0.689. The Balaban J connectivity index is 2.99. The van der Waals surface area contributed by atoms with Crippen molar-refractivity contribution in [2.45, 2.75) is 13.0 Å². The number of benzene rings is 1. The van der Waals surface area contributed by atoms with Gasteiger partial charge in [-0.25, -0.2) is 0 Å². The SMILES string of the molecule is CC#CC(O)c1ccccc1Br. The molecule has 0 bridgehead atoms. The largest absolute Gasteiger partial charge is 0.376 e. The Kier molecular flexibility index (Phi) is 3.33. The van der Waals surface area contributed by atoms with Crippen LogP contribution >= 0.6 is 15.9 Å². The molecule has 1 atom stereocenters. The van der Waals surface area contributed by atoms with Crippen LogP contribution in [0.5, 0.6) is 0 Å². The molecule has 0 saturated heterocycles. The molecule has 1 unspecified atom stereocenters. The van der Waals surface area contributed by atoms with Crippen molar-refractivity contribution in [2.24, 2.45) is 0 Å². The third kappa shape index (κ3) is 2.10. The van der Waals surface area contributed by atoms with Gasteiger partial charge in [-0.15, -0.1) is 5.92 Å². The predicted octanol–water partition coefficient (Wildman–Crippen LogP) is 2.51. The zero-order valence-corrected chi connectivity index (χ0v) is 8.30. The van der Waals surface area contributed by atoms with Crippen molar-refractivity contribution in [1.29, 1.82) is 0 Å². The Labute approximate surface area is 80.6 Å². The molecule has 12 heavy (non-hydrogen) atoms. The van der Waals surface area contributed by atoms with Gasteiger partial charge in [0, 0.05) is 10.0 Å². The average molecular weight is 225 g/mol. The van der Waals surface area contributed by atoms with Crippen molar-refractivity contribution >= 4 is 15.9 Å². The molecule has 0 aliphatic rings. The van der Waals surface area contributed by atoms with Crippen LogP contribution in [0, 0.1) is 11.8 Å². The lowest BCUT2D eigenvalue weighted by molar-refractivity contribution is 0.237. The van der Waals surface area contributed by atoms with Crippen LogP contribution in [0.25, 0.3) is 0 Å². The first-order valence-electron chi connectivity index (χ1n) is 3.60. The van der Waals surface area contributed by atoms with Gasteiger partial charge in [-0.2, -0.15) is 0 Å². The normalized spacial score (nSPS) is 11.6. The second kappa shape index (κ2) is 4.30. The molecular formula is C10H9BrO. The molecule has 0 fully saturated rings. The maximum absolute atomic E-state index is 9.50. The fourth-order valence-electron chi connectivity index (χ4n) is 0.911. The standard InChI is InChI=1S/C10H9BrO/c1-2-5-10(12)8-6-3-4-7-9(8)11/h3-4,6-7,10,12H,1H3. The molecule has 1 rings (SSSR count). The molecule has 1 aromatic carbocycles. The van der Waals surface area contributed by atoms with Crippen molar-refractivity contribution in [3.8, 4) is 11.8 Å². The van der Waals surface area contributed by atoms with Crippen LogP contribution < -0.4 is 0 Å². The molecule has 1 aromatic rings. The van der Waals surface area contributed by atoms with Gasteiger partial charge in [-0.05, 0) is 13.0 Å². The number of hydrogen-bond acceptors (Lipinski definition) is 1. The van der Waals surface area contributed by atoms with Gasteiger partial charge in [-0.3, -0.25) is 0 Å². The minimum absolute atomic E-state index is 0.689. The summed E-state index contributed by atoms with van der Waals surface area (Å²) in [5.74, 6) is 5.35. The zero-order chi connectivity index (χ0) is 8.97. The fourth-order valence-corrected chi connectivity index (χ4v) is 1.41. The maximum atomic E-state index is 9.50. The van der Waals surface area contributed by atoms with E-state index < -0.39 is 6.10 Å². The number of aliphatic hydroxyl groups excluding tert-OH is 1. The predicted molar refractivity (Wildman–Crippen MR) is 52.6 cm³/mol. The Morgan fingerprint density at radius 1 is 1.42 bits per heavy atom. The van der Waals surface area contributed by atoms with Crippen molar-refractivity contribution in [2.75, 3.05) is 0 Å². The highest BCUT2D eigenvalue weighted by molar-refractivity contribution is 9.10. The van der Waals surface area contributed by atoms with Crippen LogP contribution in [0.15, 0.2) is 28.7 Å². The lowest BCUT2D eigenvalue weighted by Crippen LogP contribution is -1.93. The molecule has 1 nitrogen and oxygen atoms in total. The minimum Gasteiger partial charge on any atom is -0.376 e. The summed E-state index contributed by atoms with van der Waals surface area (Å²) in [6.07, 6.45) is -0.689. The molecule has 0 aliphatic heterocycles. The smallest absolute Gasteiger partial charge is 0.141 e. The fraction of sp³-hybridized carbons (Fsp3) is 0.200. The molecular weight excluding hydrogens is 216 g/mol. The third-order valence-electron chi connectivity index (χ3n) is 1.48. The summed E-state index contributed by atoms with van der Waals surface area (Å²) >= 11 is 3.34. The van der Waals surface area contributed by atoms with Crippen molar-refractivity contribution in [3.05, 3.63) is 34.3 Å². The number of halogens is 1. The first kappa shape index (κ1) is 9.31. The Morgan fingerprint density at radius 3 is 2.67 bits per heavy atom. The summed E-state index contributed by atoms with van der Waals surface area (Å²) in [7, 11) is 0. The van der Waals surface area contributed by atoms with E-state index in [0.29, 0.717) is 0 Å². The molecule has 62 valence electrons. The topological polar surface area (TPSA) is 20.2 Å². The Hall–Kier alpha value is -0.780. The Bertz CT molecular complexity index is 322. The van der Waals surface area contributed by atoms with Crippen LogP contribution in [0.1, 0.15) is 18.6 Å². The van der Waals surface area contributed by atoms with Crippen LogP contribution in [0.3, 0.4) is 0 Å². The summed E-state index contributed by atoms with van der Waals surface area (Å²) in [6.45, 7) is 1.71. The number of aliphatic hydroxyl groups is 1. The average Bonchev–Trinajstić information content (AvgIpc) is 2.05. The lowest BCUT2D eigenvalue weighted by atomic mass is 10.1. The molecule has 0 saturated carbocycles. The summed E-state index contributed by atoms with van der Waals surface area (Å²) in [4.78, 5) is 0. The molecule has 0 heterocycles. The van der Waals surface area contributed by atoms with Crippen molar-refractivity contribution in [3.63, 3.8) is 0 Å². The van der Waals surface area contributed by atoms with Crippen LogP contribution in [-0.4, -0.2) is 5.11 Å². The quantitative estimate of drug-likeness (QED) is 0.728. The highest BCUT2D eigenvalue weighted by Crippen LogP contribution is 2.22. The van der Waals surface area contributed by atoms with E-state index in [1.165, 1.54) is 0 Å². The zero-order valence-electron chi connectivity index (χ0n) is 6.71. The highest BCUT2D eigenvalue weighted by atomic mass is 79.9. The van der Waals surface area contributed by atoms with E-state index >= 15 is 0 Å². The molecule has 0 spiro atoms. The molecule has 0 amide bonds. The first-order chi connectivity index (χ1) is 5.75. The summed E-state index contributed by atoms with van der Waals surface area (Å²) in [5, 5.41) is 9.50. The van der Waals surface area contributed by atoms with E-state index in [4.69, 9.17) is 0 Å². The second-order valence-corrected chi connectivity index (χ2v) is 3.17. The van der Waals surface area contributed by atoms with E-state index in [1.54, 1.807) is 6.92 Å². The van der Waals surface area contributed by atoms with Crippen molar-refractivity contribution in [1.82, 2.24) is 0 Å². The maximum Gasteiger partial charge on any atom is 0.141 e. The van der Waals surface area contributed by atoms with Gasteiger partial charge in [-0.1, -0.05) is 40.0 Å². The molecule has 0 aromatic heterocycles. The van der Waals surface area contributed by atoms with Gasteiger partial charge in [0.2, 0.25) is 0 Å². The molecule has 0 radical (unpaired) electrons. The van der Waals surface area contributed by atoms with Gasteiger partial charge < -0.3 is 5.11 Å². The van der Waals surface area contributed by atoms with Crippen LogP contribution in [0.4, 0.5) is 0 Å². The number of hydrogen-bond donors (Lipinski definition) is 1. The van der Waals surface area contributed by atoms with Crippen LogP contribution in [0.2, 0.25) is 0 Å². The van der Waals surface area contributed by atoms with Gasteiger partial charge in [0.15, 0.2) is 0 Å². The summed E-state index contributed by atoms with van der Waals surface area (Å²) in [6, 6.07) is 7.51. The molecule has 0 aliphatic carbocycles. The van der Waals surface area contributed by atoms with E-state index in [0.717, 1.165) is 10.0 Å². The van der Waals surface area contributed by atoms with E-state index in [9.17, 15) is 5.11 Å². The monoisotopic (exact) mass is 224 g/mol. The Morgan fingerprint density at radius 2 is 2.08 bits per heavy atom. The van der Waals surface area contributed by atoms with Crippen LogP contribution in [-0.2, 0) is 0 Å².